The van der Waals surface area contributed by atoms with Crippen molar-refractivity contribution in [2.45, 2.75) is 37.1 Å². The quantitative estimate of drug-likeness (QED) is 0.473. The molecule has 1 saturated carbocycles. The Labute approximate surface area is 119 Å². The van der Waals surface area contributed by atoms with Crippen LogP contribution in [-0.2, 0) is 14.3 Å². The predicted molar refractivity (Wildman–Crippen MR) is 67.2 cm³/mol. The molecule has 0 amide bonds. The molecule has 2 fully saturated rings. The summed E-state index contributed by atoms with van der Waals surface area (Å²) in [4.78, 5) is 22.9. The van der Waals surface area contributed by atoms with Gasteiger partial charge in [0.15, 0.2) is 0 Å². The molecule has 0 radical (unpaired) electrons. The highest BCUT2D eigenvalue weighted by Crippen LogP contribution is 2.48. The minimum atomic E-state index is -5.15. The zero-order chi connectivity index (χ0) is 15.0. The Bertz CT molecular complexity index is 411. The Balaban J connectivity index is 2.10. The van der Waals surface area contributed by atoms with Gasteiger partial charge in [-0.15, -0.1) is 0 Å². The van der Waals surface area contributed by atoms with Crippen molar-refractivity contribution in [3.63, 3.8) is 0 Å². The van der Waals surface area contributed by atoms with Gasteiger partial charge in [-0.05, 0) is 38.3 Å². The summed E-state index contributed by atoms with van der Waals surface area (Å²) in [5.41, 5.74) is -1.07. The average molecular weight is 311 g/mol. The Kier molecular flexibility index (Phi) is 4.34. The third-order valence-corrected chi connectivity index (χ3v) is 4.83. The zero-order valence-corrected chi connectivity index (χ0v) is 11.6. The van der Waals surface area contributed by atoms with Crippen LogP contribution in [0.1, 0.15) is 25.7 Å². The van der Waals surface area contributed by atoms with E-state index in [2.05, 4.69) is 22.7 Å². The molecule has 0 aromatic rings. The fraction of sp³-hybridized carbons (Fsp3) is 0.833. The number of nitrogens with one attached hydrogen (secondary N) is 1. The smallest absolute Gasteiger partial charge is 0.386 e. The van der Waals surface area contributed by atoms with Crippen molar-refractivity contribution in [1.29, 1.82) is 0 Å². The van der Waals surface area contributed by atoms with E-state index < -0.39 is 23.5 Å². The van der Waals surface area contributed by atoms with E-state index in [1.807, 2.05) is 0 Å². The maximum Gasteiger partial charge on any atom is 0.491 e. The van der Waals surface area contributed by atoms with Crippen LogP contribution >= 0.6 is 12.6 Å². The van der Waals surface area contributed by atoms with Crippen LogP contribution in [0.5, 0.6) is 0 Å². The molecule has 114 valence electrons. The highest BCUT2D eigenvalue weighted by atomic mass is 32.1. The van der Waals surface area contributed by atoms with Crippen LogP contribution in [-0.4, -0.2) is 36.5 Å². The first-order chi connectivity index (χ1) is 9.25. The number of alkyl halides is 3. The van der Waals surface area contributed by atoms with Crippen LogP contribution in [0.25, 0.3) is 0 Å². The van der Waals surface area contributed by atoms with E-state index in [1.165, 1.54) is 0 Å². The molecule has 2 atom stereocenters. The van der Waals surface area contributed by atoms with Crippen LogP contribution < -0.4 is 5.32 Å². The van der Waals surface area contributed by atoms with Crippen LogP contribution in [0, 0.1) is 11.3 Å². The molecule has 0 spiro atoms. The van der Waals surface area contributed by atoms with Gasteiger partial charge < -0.3 is 10.1 Å². The lowest BCUT2D eigenvalue weighted by Gasteiger charge is -2.37. The van der Waals surface area contributed by atoms with Gasteiger partial charge in [-0.1, -0.05) is 6.42 Å². The first-order valence-electron chi connectivity index (χ1n) is 6.48. The highest BCUT2D eigenvalue weighted by Gasteiger charge is 2.53. The fourth-order valence-electron chi connectivity index (χ4n) is 2.86. The van der Waals surface area contributed by atoms with Crippen LogP contribution in [0.15, 0.2) is 0 Å². The van der Waals surface area contributed by atoms with Gasteiger partial charge in [0.1, 0.15) is 0 Å². The maximum absolute atomic E-state index is 12.2. The SMILES string of the molecule is O=C(OC(=O)C1(CC2CNC2)CCCC1S)C(F)(F)F. The second-order valence-electron chi connectivity index (χ2n) is 5.47. The van der Waals surface area contributed by atoms with Crippen molar-refractivity contribution in [3.05, 3.63) is 0 Å². The van der Waals surface area contributed by atoms with Gasteiger partial charge in [0.05, 0.1) is 5.41 Å². The van der Waals surface area contributed by atoms with E-state index in [1.54, 1.807) is 0 Å². The highest BCUT2D eigenvalue weighted by molar-refractivity contribution is 7.81. The van der Waals surface area contributed by atoms with Crippen LogP contribution in [0.2, 0.25) is 0 Å². The summed E-state index contributed by atoms with van der Waals surface area (Å²) in [7, 11) is 0. The molecular formula is C12H16F3NO3S. The number of carbonyl (C=O) groups excluding carboxylic acids is 2. The minimum absolute atomic E-state index is 0.219. The Morgan fingerprint density at radius 2 is 2.00 bits per heavy atom. The number of ether oxygens (including phenoxy) is 1. The molecule has 1 saturated heterocycles. The van der Waals surface area contributed by atoms with Gasteiger partial charge in [-0.25, -0.2) is 4.79 Å². The third kappa shape index (κ3) is 2.95. The Morgan fingerprint density at radius 3 is 2.40 bits per heavy atom. The van der Waals surface area contributed by atoms with E-state index in [0.717, 1.165) is 13.1 Å². The van der Waals surface area contributed by atoms with Gasteiger partial charge >= 0.3 is 18.1 Å². The lowest BCUT2D eigenvalue weighted by atomic mass is 9.75. The molecule has 20 heavy (non-hydrogen) atoms. The van der Waals surface area contributed by atoms with E-state index in [0.29, 0.717) is 25.7 Å². The molecule has 0 aromatic heterocycles. The topological polar surface area (TPSA) is 55.4 Å². The molecule has 1 N–H and O–H groups in total. The first-order valence-corrected chi connectivity index (χ1v) is 6.99. The van der Waals surface area contributed by atoms with Crippen molar-refractivity contribution in [2.75, 3.05) is 13.1 Å². The summed E-state index contributed by atoms with van der Waals surface area (Å²) in [6.07, 6.45) is -2.98. The summed E-state index contributed by atoms with van der Waals surface area (Å²) < 4.78 is 40.7. The average Bonchev–Trinajstić information content (AvgIpc) is 2.65. The zero-order valence-electron chi connectivity index (χ0n) is 10.7. The van der Waals surface area contributed by atoms with Crippen molar-refractivity contribution < 1.29 is 27.5 Å². The number of hydrogen-bond donors (Lipinski definition) is 2. The molecule has 0 bridgehead atoms. The number of carbonyl (C=O) groups is 2. The molecule has 4 nitrogen and oxygen atoms in total. The fourth-order valence-corrected chi connectivity index (χ4v) is 3.39. The van der Waals surface area contributed by atoms with E-state index >= 15 is 0 Å². The lowest BCUT2D eigenvalue weighted by molar-refractivity contribution is -0.205. The molecule has 2 rings (SSSR count). The number of esters is 2. The molecule has 1 heterocycles. The second kappa shape index (κ2) is 5.55. The van der Waals surface area contributed by atoms with Crippen molar-refractivity contribution in [2.24, 2.45) is 11.3 Å². The van der Waals surface area contributed by atoms with E-state index in [-0.39, 0.29) is 11.2 Å². The molecule has 1 aliphatic carbocycles. The van der Waals surface area contributed by atoms with Crippen molar-refractivity contribution in [3.8, 4) is 0 Å². The first kappa shape index (κ1) is 15.6. The second-order valence-corrected chi connectivity index (χ2v) is 6.09. The third-order valence-electron chi connectivity index (χ3n) is 4.08. The standard InChI is InChI=1S/C12H16F3NO3S/c13-12(14,15)10(18)19-9(17)11(3-1-2-8(11)20)4-7-5-16-6-7/h7-8,16,20H,1-6H2. The summed E-state index contributed by atoms with van der Waals surface area (Å²) in [6.45, 7) is 1.45. The minimum Gasteiger partial charge on any atom is -0.386 e. The van der Waals surface area contributed by atoms with Crippen molar-refractivity contribution >= 4 is 24.6 Å². The van der Waals surface area contributed by atoms with Gasteiger partial charge in [0.2, 0.25) is 0 Å². The molecule has 2 unspecified atom stereocenters. The molecule has 1 aliphatic heterocycles. The molecule has 0 aromatic carbocycles. The molecule has 2 aliphatic rings. The van der Waals surface area contributed by atoms with Crippen LogP contribution in [0.3, 0.4) is 0 Å². The summed E-state index contributed by atoms with van der Waals surface area (Å²) in [5, 5.41) is 2.68. The largest absolute Gasteiger partial charge is 0.491 e. The lowest BCUT2D eigenvalue weighted by Crippen LogP contribution is -2.49. The Hall–Kier alpha value is -0.760. The summed E-state index contributed by atoms with van der Waals surface area (Å²) in [5.74, 6) is -3.30. The number of thiol groups is 1. The van der Waals surface area contributed by atoms with Gasteiger partial charge in [0, 0.05) is 5.25 Å². The number of hydrogen-bond acceptors (Lipinski definition) is 5. The Morgan fingerprint density at radius 1 is 1.35 bits per heavy atom. The molecule has 8 heteroatoms. The normalized spacial score (nSPS) is 30.9. The van der Waals surface area contributed by atoms with E-state index in [4.69, 9.17) is 0 Å². The number of halogens is 3. The van der Waals surface area contributed by atoms with E-state index in [9.17, 15) is 22.8 Å². The number of rotatable bonds is 3. The van der Waals surface area contributed by atoms with Crippen LogP contribution in [0.4, 0.5) is 13.2 Å². The summed E-state index contributed by atoms with van der Waals surface area (Å²) >= 11 is 4.33. The monoisotopic (exact) mass is 311 g/mol. The molecular weight excluding hydrogens is 295 g/mol. The predicted octanol–water partition coefficient (Wildman–Crippen LogP) is 1.70. The van der Waals surface area contributed by atoms with Gasteiger partial charge in [-0.3, -0.25) is 4.79 Å². The summed E-state index contributed by atoms with van der Waals surface area (Å²) in [6, 6.07) is 0. The van der Waals surface area contributed by atoms with Crippen molar-refractivity contribution in [1.82, 2.24) is 5.32 Å². The maximum atomic E-state index is 12.2. The van der Waals surface area contributed by atoms with Gasteiger partial charge in [-0.2, -0.15) is 25.8 Å². The van der Waals surface area contributed by atoms with Gasteiger partial charge in [0.25, 0.3) is 0 Å².